The second-order valence-corrected chi connectivity index (χ2v) is 20.3. The van der Waals surface area contributed by atoms with Crippen molar-refractivity contribution in [1.82, 2.24) is 69.0 Å². The summed E-state index contributed by atoms with van der Waals surface area (Å²) in [6.07, 6.45) is -1.13. The van der Waals surface area contributed by atoms with Gasteiger partial charge in [0.1, 0.15) is 53.9 Å². The van der Waals surface area contributed by atoms with Crippen molar-refractivity contribution in [2.24, 2.45) is 17.4 Å². The van der Waals surface area contributed by atoms with Gasteiger partial charge in [-0.05, 0) is 79.1 Å². The lowest BCUT2D eigenvalue weighted by Crippen LogP contribution is -2.62. The minimum absolute atomic E-state index is 0.00399. The molecular formula is C55H75FN16O13. The first-order valence-electron chi connectivity index (χ1n) is 27.0. The van der Waals surface area contributed by atoms with Crippen molar-refractivity contribution in [2.45, 2.75) is 121 Å². The number of hydrogen-bond donors (Lipinski definition) is 18. The van der Waals surface area contributed by atoms with Crippen LogP contribution in [-0.2, 0) is 67.2 Å². The number of hydrogen-bond acceptors (Lipinski definition) is 14. The van der Waals surface area contributed by atoms with E-state index in [9.17, 15) is 67.3 Å². The summed E-state index contributed by atoms with van der Waals surface area (Å²) in [5.41, 5.74) is 17.7. The Labute approximate surface area is 488 Å². The highest BCUT2D eigenvalue weighted by molar-refractivity contribution is 5.98. The number of halogens is 1. The second-order valence-electron chi connectivity index (χ2n) is 20.3. The molecule has 0 unspecified atom stereocenters. The number of hydrazine groups is 1. The molecule has 0 saturated heterocycles. The standard InChI is InChI=1S/C55H75FN16O13/c1-28(2)21-40(50(81)66-38(11-8-20-61-54(59)60-5)49(80)67-39(47(58)78)24-33-26-62-37-10-7-6-9-36(33)37)69-55(85)72-71-52(83)42(23-31-12-16-34(56)17-13-31)68-53(84)46(29(3)73)70-51(82)43(25-44(57)76)65-45(77)27-63-48(79)41(64-30(4)74)22-32-14-18-35(75)19-15-32/h6-7,9-10,12-19,26,28-29,38-43,46,62,73,75H,8,11,20-25,27H2,1-5H3,(H2,57,76)(H2,58,78)(H,63,79)(H,64,74)(H,65,77)(H,66,81)(H,67,80)(H,68,84)(H,70,82)(H,71,83)(H3,59,60,61)(H2,69,72,85)/t29-,38+,39+,40+,41-,42+,43+,46+/m1/s1. The van der Waals surface area contributed by atoms with Gasteiger partial charge >= 0.3 is 6.03 Å². The maximum Gasteiger partial charge on any atom is 0.334 e. The van der Waals surface area contributed by atoms with Gasteiger partial charge < -0.3 is 79.8 Å². The molecule has 85 heavy (non-hydrogen) atoms. The fraction of sp³-hybridized carbons (Fsp3) is 0.418. The van der Waals surface area contributed by atoms with Crippen molar-refractivity contribution in [1.29, 1.82) is 5.41 Å². The largest absolute Gasteiger partial charge is 0.508 e. The number of carbonyl (C=O) groups is 11. The Balaban J connectivity index is 1.46. The van der Waals surface area contributed by atoms with Gasteiger partial charge in [0.25, 0.3) is 5.91 Å². The Kier molecular flexibility index (Phi) is 26.5. The van der Waals surface area contributed by atoms with Crippen molar-refractivity contribution in [3.8, 4) is 5.75 Å². The van der Waals surface area contributed by atoms with E-state index in [2.05, 4.69) is 69.0 Å². The van der Waals surface area contributed by atoms with E-state index in [1.165, 1.54) is 43.4 Å². The molecule has 0 spiro atoms. The third-order valence-electron chi connectivity index (χ3n) is 12.8. The molecule has 30 heteroatoms. The minimum atomic E-state index is -1.92. The van der Waals surface area contributed by atoms with Crippen LogP contribution in [0.4, 0.5) is 9.18 Å². The van der Waals surface area contributed by atoms with Gasteiger partial charge in [-0.3, -0.25) is 58.8 Å². The number of para-hydroxylation sites is 1. The average molecular weight is 1190 g/mol. The van der Waals surface area contributed by atoms with Crippen LogP contribution in [0, 0.1) is 17.1 Å². The molecule has 0 saturated carbocycles. The van der Waals surface area contributed by atoms with Crippen LogP contribution in [-0.4, -0.2) is 155 Å². The predicted octanol–water partition coefficient (Wildman–Crippen LogP) is -2.90. The molecule has 8 atom stereocenters. The summed E-state index contributed by atoms with van der Waals surface area (Å²) >= 11 is 0. The highest BCUT2D eigenvalue weighted by atomic mass is 19.1. The third kappa shape index (κ3) is 23.1. The van der Waals surface area contributed by atoms with Gasteiger partial charge in [0.05, 0.1) is 19.1 Å². The summed E-state index contributed by atoms with van der Waals surface area (Å²) in [4.78, 5) is 149. The van der Waals surface area contributed by atoms with E-state index >= 15 is 0 Å². The summed E-state index contributed by atoms with van der Waals surface area (Å²) in [7, 11) is 1.53. The summed E-state index contributed by atoms with van der Waals surface area (Å²) in [5.74, 6) is -10.5. The van der Waals surface area contributed by atoms with Crippen LogP contribution < -0.4 is 75.5 Å². The number of carbonyl (C=O) groups excluding carboxylic acids is 11. The summed E-state index contributed by atoms with van der Waals surface area (Å²) in [6.45, 7) is 5.14. The molecule has 20 N–H and O–H groups in total. The molecule has 3 aromatic carbocycles. The number of benzene rings is 3. The number of rotatable bonds is 31. The molecule has 0 bridgehead atoms. The van der Waals surface area contributed by atoms with Crippen LogP contribution in [0.3, 0.4) is 0 Å². The first-order valence-corrected chi connectivity index (χ1v) is 27.0. The SMILES string of the molecule is CNC(=N)NCCC[C@H](NC(=O)[C@H](CC(C)C)NC(=O)NNC(=O)[C@H](Cc1ccc(F)cc1)NC(=O)[C@@H](NC(=O)[C@H](CC(N)=O)NC(=O)CNC(=O)[C@@H](Cc1ccc(O)cc1)NC(C)=O)[C@@H](C)O)C(=O)N[C@@H](Cc1c[nH]c2ccccc12)C(N)=O. The zero-order chi connectivity index (χ0) is 62.9. The maximum atomic E-state index is 14.1. The van der Waals surface area contributed by atoms with Gasteiger partial charge in [-0.25, -0.2) is 14.6 Å². The van der Waals surface area contributed by atoms with Gasteiger partial charge in [0, 0.05) is 56.9 Å². The van der Waals surface area contributed by atoms with Gasteiger partial charge in [-0.1, -0.05) is 56.3 Å². The Morgan fingerprint density at radius 3 is 1.82 bits per heavy atom. The molecule has 0 radical (unpaired) electrons. The zero-order valence-electron chi connectivity index (χ0n) is 47.5. The monoisotopic (exact) mass is 1190 g/mol. The van der Waals surface area contributed by atoms with Crippen LogP contribution >= 0.6 is 0 Å². The van der Waals surface area contributed by atoms with E-state index in [-0.39, 0.29) is 61.8 Å². The number of aliphatic hydroxyl groups excluding tert-OH is 1. The van der Waals surface area contributed by atoms with Crippen molar-refractivity contribution < 1.29 is 67.3 Å². The van der Waals surface area contributed by atoms with E-state index in [1.54, 1.807) is 20.0 Å². The zero-order valence-corrected chi connectivity index (χ0v) is 47.5. The van der Waals surface area contributed by atoms with E-state index in [0.717, 1.165) is 36.9 Å². The van der Waals surface area contributed by atoms with Crippen LogP contribution in [0.2, 0.25) is 0 Å². The number of phenolic OH excluding ortho intramolecular Hbond substituents is 1. The number of nitrogens with one attached hydrogen (secondary N) is 14. The second kappa shape index (κ2) is 33.3. The number of phenols is 1. The highest BCUT2D eigenvalue weighted by Gasteiger charge is 2.35. The number of aromatic hydroxyl groups is 1. The van der Waals surface area contributed by atoms with Crippen molar-refractivity contribution in [2.75, 3.05) is 20.1 Å². The quantitative estimate of drug-likeness (QED) is 0.0104. The molecule has 0 fully saturated rings. The van der Waals surface area contributed by atoms with Crippen LogP contribution in [0.5, 0.6) is 5.75 Å². The summed E-state index contributed by atoms with van der Waals surface area (Å²) < 4.78 is 14.0. The molecule has 1 heterocycles. The first kappa shape index (κ1) is 67.6. The fourth-order valence-corrected chi connectivity index (χ4v) is 8.52. The molecule has 4 rings (SSSR count). The number of guanidine groups is 1. The number of urea groups is 1. The fourth-order valence-electron chi connectivity index (χ4n) is 8.52. The molecule has 0 aliphatic carbocycles. The van der Waals surface area contributed by atoms with E-state index in [0.29, 0.717) is 11.1 Å². The number of fused-ring (bicyclic) bond motifs is 1. The van der Waals surface area contributed by atoms with Crippen molar-refractivity contribution >= 4 is 82.0 Å². The van der Waals surface area contributed by atoms with E-state index in [1.807, 2.05) is 24.3 Å². The van der Waals surface area contributed by atoms with Crippen LogP contribution in [0.15, 0.2) is 79.0 Å². The minimum Gasteiger partial charge on any atom is -0.508 e. The smallest absolute Gasteiger partial charge is 0.334 e. The van der Waals surface area contributed by atoms with Gasteiger partial charge in [0.15, 0.2) is 5.96 Å². The Bertz CT molecular complexity index is 3010. The van der Waals surface area contributed by atoms with E-state index in [4.69, 9.17) is 16.9 Å². The number of amides is 12. The first-order chi connectivity index (χ1) is 40.2. The van der Waals surface area contributed by atoms with Gasteiger partial charge in [-0.15, -0.1) is 0 Å². The molecular weight excluding hydrogens is 1110 g/mol. The predicted molar refractivity (Wildman–Crippen MR) is 306 cm³/mol. The average Bonchev–Trinajstić information content (AvgIpc) is 3.12. The summed E-state index contributed by atoms with van der Waals surface area (Å²) in [5, 5.41) is 53.7. The number of H-pyrrole nitrogens is 1. The maximum absolute atomic E-state index is 14.1. The number of primary amides is 2. The molecule has 4 aromatic rings. The number of aliphatic hydroxyl groups is 1. The topological polar surface area (TPSA) is 464 Å². The molecule has 1 aromatic heterocycles. The van der Waals surface area contributed by atoms with Gasteiger partial charge in [-0.2, -0.15) is 0 Å². The van der Waals surface area contributed by atoms with Crippen LogP contribution in [0.1, 0.15) is 70.1 Å². The van der Waals surface area contributed by atoms with Crippen molar-refractivity contribution in [3.63, 3.8) is 0 Å². The Morgan fingerprint density at radius 2 is 1.22 bits per heavy atom. The normalized spacial score (nSPS) is 13.7. The highest BCUT2D eigenvalue weighted by Crippen LogP contribution is 2.20. The molecule has 0 aliphatic heterocycles. The number of nitrogens with two attached hydrogens (primary N) is 2. The molecule has 12 amide bonds. The van der Waals surface area contributed by atoms with Crippen molar-refractivity contribution in [3.05, 3.63) is 102 Å². The lowest BCUT2D eigenvalue weighted by molar-refractivity contribution is -0.136. The Morgan fingerprint density at radius 1 is 0.635 bits per heavy atom. The number of aromatic amines is 1. The Hall–Kier alpha value is -9.87. The molecule has 460 valence electrons. The lowest BCUT2D eigenvalue weighted by Gasteiger charge is -2.27. The lowest BCUT2D eigenvalue weighted by atomic mass is 10.0. The number of aromatic nitrogens is 1. The third-order valence-corrected chi connectivity index (χ3v) is 12.8. The molecule has 29 nitrogen and oxygen atoms in total. The van der Waals surface area contributed by atoms with E-state index < -0.39 is 139 Å². The summed E-state index contributed by atoms with van der Waals surface area (Å²) in [6, 6.07) is 6.16. The van der Waals surface area contributed by atoms with Crippen LogP contribution in [0.25, 0.3) is 10.9 Å². The van der Waals surface area contributed by atoms with Gasteiger partial charge in [0.2, 0.25) is 53.2 Å². The molecule has 0 aliphatic rings.